The third-order valence-corrected chi connectivity index (χ3v) is 8.28. The number of sulfonamides is 1. The molecule has 3 rings (SSSR count). The summed E-state index contributed by atoms with van der Waals surface area (Å²) in [5, 5.41) is 3.15. The van der Waals surface area contributed by atoms with Crippen molar-refractivity contribution in [2.24, 2.45) is 17.8 Å². The number of hydrogen-bond donors (Lipinski definition) is 1. The SMILES string of the molecule is C[C@@H]1[C@H](C)CCC[C@@H]1NC(=O)C1CCN(S(=O)(=O)c2cc(F)ccc2F)CC1. The van der Waals surface area contributed by atoms with Crippen molar-refractivity contribution in [3.8, 4) is 0 Å². The van der Waals surface area contributed by atoms with E-state index >= 15 is 0 Å². The summed E-state index contributed by atoms with van der Waals surface area (Å²) in [5.41, 5.74) is 0. The third-order valence-electron chi connectivity index (χ3n) is 6.37. The van der Waals surface area contributed by atoms with Gasteiger partial charge in [-0.1, -0.05) is 26.7 Å². The van der Waals surface area contributed by atoms with Gasteiger partial charge in [-0.3, -0.25) is 4.79 Å². The van der Waals surface area contributed by atoms with Crippen molar-refractivity contribution < 1.29 is 22.0 Å². The summed E-state index contributed by atoms with van der Waals surface area (Å²) in [4.78, 5) is 12.0. The van der Waals surface area contributed by atoms with Gasteiger partial charge in [0.15, 0.2) is 0 Å². The van der Waals surface area contributed by atoms with Gasteiger partial charge in [-0.05, 0) is 49.3 Å². The Morgan fingerprint density at radius 3 is 2.46 bits per heavy atom. The Morgan fingerprint density at radius 2 is 1.79 bits per heavy atom. The van der Waals surface area contributed by atoms with Crippen molar-refractivity contribution in [1.29, 1.82) is 0 Å². The van der Waals surface area contributed by atoms with Gasteiger partial charge in [-0.15, -0.1) is 0 Å². The lowest BCUT2D eigenvalue weighted by atomic mass is 9.78. The Hall–Kier alpha value is -1.54. The minimum Gasteiger partial charge on any atom is -0.353 e. The van der Waals surface area contributed by atoms with E-state index < -0.39 is 26.6 Å². The van der Waals surface area contributed by atoms with Gasteiger partial charge in [-0.2, -0.15) is 4.31 Å². The molecule has 1 heterocycles. The van der Waals surface area contributed by atoms with Crippen LogP contribution in [-0.4, -0.2) is 37.8 Å². The van der Waals surface area contributed by atoms with Crippen molar-refractivity contribution in [2.45, 2.75) is 56.9 Å². The summed E-state index contributed by atoms with van der Waals surface area (Å²) in [6.07, 6.45) is 4.01. The first kappa shape index (κ1) is 21.2. The first-order chi connectivity index (χ1) is 13.2. The summed E-state index contributed by atoms with van der Waals surface area (Å²) in [5.74, 6) is -1.05. The number of amides is 1. The van der Waals surface area contributed by atoms with Gasteiger partial charge in [0.1, 0.15) is 16.5 Å². The fourth-order valence-corrected chi connectivity index (χ4v) is 5.80. The summed E-state index contributed by atoms with van der Waals surface area (Å²) in [7, 11) is -4.12. The molecule has 8 heteroatoms. The van der Waals surface area contributed by atoms with Gasteiger partial charge < -0.3 is 5.32 Å². The molecule has 1 amide bonds. The normalized spacial score (nSPS) is 27.5. The molecule has 0 unspecified atom stereocenters. The predicted molar refractivity (Wildman–Crippen MR) is 102 cm³/mol. The largest absolute Gasteiger partial charge is 0.353 e. The highest BCUT2D eigenvalue weighted by Gasteiger charge is 2.35. The van der Waals surface area contributed by atoms with Crippen LogP contribution in [0.3, 0.4) is 0 Å². The lowest BCUT2D eigenvalue weighted by Gasteiger charge is -2.36. The quantitative estimate of drug-likeness (QED) is 0.822. The molecule has 0 radical (unpaired) electrons. The Kier molecular flexibility index (Phi) is 6.39. The number of halogens is 2. The molecular formula is C20H28F2N2O3S. The van der Waals surface area contributed by atoms with E-state index in [1.807, 2.05) is 0 Å². The zero-order valence-electron chi connectivity index (χ0n) is 16.3. The second-order valence-electron chi connectivity index (χ2n) is 8.14. The summed E-state index contributed by atoms with van der Waals surface area (Å²) in [6.45, 7) is 4.61. The van der Waals surface area contributed by atoms with E-state index in [0.717, 1.165) is 29.3 Å². The molecule has 1 aromatic rings. The van der Waals surface area contributed by atoms with E-state index in [2.05, 4.69) is 19.2 Å². The molecule has 1 aliphatic heterocycles. The fraction of sp³-hybridized carbons (Fsp3) is 0.650. The maximum absolute atomic E-state index is 13.9. The standard InChI is InChI=1S/C20H28F2N2O3S/c1-13-4-3-5-18(14(13)2)23-20(25)15-8-10-24(11-9-15)28(26,27)19-12-16(21)6-7-17(19)22/h6-7,12-15,18H,3-5,8-11H2,1-2H3,(H,23,25)/t13-,14-,18+/m1/s1. The van der Waals surface area contributed by atoms with Crippen molar-refractivity contribution >= 4 is 15.9 Å². The molecule has 3 atom stereocenters. The molecule has 0 aromatic heterocycles. The van der Waals surface area contributed by atoms with Crippen LogP contribution in [0.4, 0.5) is 8.78 Å². The Morgan fingerprint density at radius 1 is 1.11 bits per heavy atom. The predicted octanol–water partition coefficient (Wildman–Crippen LogP) is 3.31. The average molecular weight is 415 g/mol. The van der Waals surface area contributed by atoms with Crippen LogP contribution in [0.15, 0.2) is 23.1 Å². The van der Waals surface area contributed by atoms with Crippen LogP contribution in [0, 0.1) is 29.4 Å². The Balaban J connectivity index is 1.61. The van der Waals surface area contributed by atoms with Gasteiger partial charge in [0.25, 0.3) is 0 Å². The topological polar surface area (TPSA) is 66.5 Å². The lowest BCUT2D eigenvalue weighted by molar-refractivity contribution is -0.127. The van der Waals surface area contributed by atoms with E-state index in [1.165, 1.54) is 6.42 Å². The van der Waals surface area contributed by atoms with Crippen LogP contribution in [-0.2, 0) is 14.8 Å². The van der Waals surface area contributed by atoms with Gasteiger partial charge in [0.05, 0.1) is 0 Å². The maximum atomic E-state index is 13.9. The average Bonchev–Trinajstić information content (AvgIpc) is 2.67. The second kappa shape index (κ2) is 8.45. The lowest BCUT2D eigenvalue weighted by Crippen LogP contribution is -2.48. The highest BCUT2D eigenvalue weighted by molar-refractivity contribution is 7.89. The monoisotopic (exact) mass is 414 g/mol. The van der Waals surface area contributed by atoms with Crippen LogP contribution in [0.5, 0.6) is 0 Å². The Labute approximate surface area is 165 Å². The zero-order valence-corrected chi connectivity index (χ0v) is 17.1. The summed E-state index contributed by atoms with van der Waals surface area (Å²) in [6, 6.07) is 2.57. The van der Waals surface area contributed by atoms with E-state index in [-0.39, 0.29) is 31.0 Å². The van der Waals surface area contributed by atoms with E-state index in [9.17, 15) is 22.0 Å². The number of carbonyl (C=O) groups excluding carboxylic acids is 1. The molecule has 28 heavy (non-hydrogen) atoms. The number of rotatable bonds is 4. The molecule has 2 fully saturated rings. The van der Waals surface area contributed by atoms with Crippen LogP contribution >= 0.6 is 0 Å². The minimum absolute atomic E-state index is 0.0278. The second-order valence-corrected chi connectivity index (χ2v) is 10.0. The minimum atomic E-state index is -4.12. The smallest absolute Gasteiger partial charge is 0.246 e. The molecule has 1 aromatic carbocycles. The van der Waals surface area contributed by atoms with Gasteiger partial charge in [0.2, 0.25) is 15.9 Å². The highest BCUT2D eigenvalue weighted by atomic mass is 32.2. The molecule has 1 aliphatic carbocycles. The fourth-order valence-electron chi connectivity index (χ4n) is 4.26. The van der Waals surface area contributed by atoms with E-state index in [0.29, 0.717) is 30.7 Å². The van der Waals surface area contributed by atoms with Crippen LogP contribution in [0.1, 0.15) is 46.0 Å². The highest BCUT2D eigenvalue weighted by Crippen LogP contribution is 2.31. The van der Waals surface area contributed by atoms with Crippen LogP contribution < -0.4 is 5.32 Å². The first-order valence-corrected chi connectivity index (χ1v) is 11.4. The number of hydrogen-bond acceptors (Lipinski definition) is 3. The van der Waals surface area contributed by atoms with E-state index in [1.54, 1.807) is 0 Å². The molecule has 2 aliphatic rings. The van der Waals surface area contributed by atoms with Gasteiger partial charge in [0, 0.05) is 25.0 Å². The van der Waals surface area contributed by atoms with Crippen molar-refractivity contribution in [3.63, 3.8) is 0 Å². The van der Waals surface area contributed by atoms with Crippen LogP contribution in [0.2, 0.25) is 0 Å². The third kappa shape index (κ3) is 4.38. The van der Waals surface area contributed by atoms with Crippen molar-refractivity contribution in [3.05, 3.63) is 29.8 Å². The number of benzene rings is 1. The maximum Gasteiger partial charge on any atom is 0.246 e. The van der Waals surface area contributed by atoms with Crippen molar-refractivity contribution in [1.82, 2.24) is 9.62 Å². The molecule has 1 saturated heterocycles. The molecule has 0 bridgehead atoms. The van der Waals surface area contributed by atoms with Crippen molar-refractivity contribution in [2.75, 3.05) is 13.1 Å². The molecular weight excluding hydrogens is 386 g/mol. The number of nitrogens with one attached hydrogen (secondary N) is 1. The number of carbonyl (C=O) groups is 1. The number of nitrogens with zero attached hydrogens (tertiary/aromatic N) is 1. The molecule has 5 nitrogen and oxygen atoms in total. The molecule has 1 saturated carbocycles. The zero-order chi connectivity index (χ0) is 20.5. The van der Waals surface area contributed by atoms with Gasteiger partial charge in [-0.25, -0.2) is 17.2 Å². The first-order valence-electron chi connectivity index (χ1n) is 9.95. The molecule has 156 valence electrons. The summed E-state index contributed by atoms with van der Waals surface area (Å²) >= 11 is 0. The Bertz CT molecular complexity index is 823. The molecule has 0 spiro atoms. The molecule has 1 N–H and O–H groups in total. The summed E-state index contributed by atoms with van der Waals surface area (Å²) < 4.78 is 53.8. The number of piperidine rings is 1. The van der Waals surface area contributed by atoms with Crippen LogP contribution in [0.25, 0.3) is 0 Å². The van der Waals surface area contributed by atoms with Gasteiger partial charge >= 0.3 is 0 Å². The van der Waals surface area contributed by atoms with E-state index in [4.69, 9.17) is 0 Å².